The normalized spacial score (nSPS) is 10.6. The van der Waals surface area contributed by atoms with Crippen molar-refractivity contribution in [3.63, 3.8) is 0 Å². The Balaban J connectivity index is 1.73. The molecule has 0 aliphatic rings. The summed E-state index contributed by atoms with van der Waals surface area (Å²) in [5, 5.41) is 1.06. The first-order valence-corrected chi connectivity index (χ1v) is 10.7. The third-order valence-corrected chi connectivity index (χ3v) is 4.81. The third-order valence-electron chi connectivity index (χ3n) is 4.81. The van der Waals surface area contributed by atoms with Crippen LogP contribution >= 0.6 is 0 Å². The van der Waals surface area contributed by atoms with E-state index in [1.165, 1.54) is 0 Å². The fourth-order valence-corrected chi connectivity index (χ4v) is 3.46. The van der Waals surface area contributed by atoms with Crippen molar-refractivity contribution in [3.8, 4) is 17.2 Å². The topological polar surface area (TPSA) is 90.8 Å². The van der Waals surface area contributed by atoms with Gasteiger partial charge in [-0.15, -0.1) is 0 Å². The van der Waals surface area contributed by atoms with E-state index in [4.69, 9.17) is 14.2 Å². The van der Waals surface area contributed by atoms with Gasteiger partial charge in [-0.25, -0.2) is 0 Å². The molecule has 0 bridgehead atoms. The number of carbonyl (C=O) groups is 2. The Labute approximate surface area is 187 Å². The van der Waals surface area contributed by atoms with Crippen molar-refractivity contribution in [2.24, 2.45) is 0 Å². The molecule has 1 aromatic heterocycles. The number of aromatic nitrogens is 1. The minimum atomic E-state index is -0.489. The SMILES string of the molecule is CCOc1cc(C(=O)NNC(=O)Cn2c(C)cc3ccccc32)cc(OCC)c1OCC. The maximum absolute atomic E-state index is 12.7. The summed E-state index contributed by atoms with van der Waals surface area (Å²) in [6.07, 6.45) is 0. The summed E-state index contributed by atoms with van der Waals surface area (Å²) in [6.45, 7) is 8.79. The second-order valence-corrected chi connectivity index (χ2v) is 7.03. The van der Waals surface area contributed by atoms with E-state index >= 15 is 0 Å². The Kier molecular flexibility index (Phi) is 7.59. The van der Waals surface area contributed by atoms with E-state index in [1.54, 1.807) is 12.1 Å². The number of nitrogens with one attached hydrogen (secondary N) is 2. The molecule has 8 heteroatoms. The highest BCUT2D eigenvalue weighted by atomic mass is 16.5. The number of hydrogen-bond acceptors (Lipinski definition) is 5. The first-order chi connectivity index (χ1) is 15.5. The monoisotopic (exact) mass is 439 g/mol. The van der Waals surface area contributed by atoms with E-state index < -0.39 is 5.91 Å². The molecule has 2 N–H and O–H groups in total. The van der Waals surface area contributed by atoms with Gasteiger partial charge in [0.15, 0.2) is 11.5 Å². The summed E-state index contributed by atoms with van der Waals surface area (Å²) in [4.78, 5) is 25.2. The number of ether oxygens (including phenoxy) is 3. The Morgan fingerprint density at radius 1 is 0.875 bits per heavy atom. The lowest BCUT2D eigenvalue weighted by Crippen LogP contribution is -2.43. The van der Waals surface area contributed by atoms with E-state index in [9.17, 15) is 9.59 Å². The molecule has 8 nitrogen and oxygen atoms in total. The highest BCUT2D eigenvalue weighted by Crippen LogP contribution is 2.39. The largest absolute Gasteiger partial charge is 0.490 e. The van der Waals surface area contributed by atoms with Crippen LogP contribution in [0.1, 0.15) is 36.8 Å². The van der Waals surface area contributed by atoms with Gasteiger partial charge in [-0.05, 0) is 57.3 Å². The van der Waals surface area contributed by atoms with Crippen molar-refractivity contribution in [1.29, 1.82) is 0 Å². The van der Waals surface area contributed by atoms with Crippen LogP contribution in [0.2, 0.25) is 0 Å². The predicted molar refractivity (Wildman–Crippen MR) is 122 cm³/mol. The predicted octanol–water partition coefficient (Wildman–Crippen LogP) is 3.61. The summed E-state index contributed by atoms with van der Waals surface area (Å²) in [5.74, 6) is 0.436. The van der Waals surface area contributed by atoms with Crippen LogP contribution in [-0.4, -0.2) is 36.2 Å². The number of nitrogens with zero attached hydrogens (tertiary/aromatic N) is 1. The first-order valence-electron chi connectivity index (χ1n) is 10.7. The second-order valence-electron chi connectivity index (χ2n) is 7.03. The molecule has 0 saturated carbocycles. The molecule has 3 rings (SSSR count). The van der Waals surface area contributed by atoms with E-state index in [0.29, 0.717) is 37.1 Å². The number of hydrazine groups is 1. The van der Waals surface area contributed by atoms with Crippen LogP contribution in [0, 0.1) is 6.92 Å². The first kappa shape index (κ1) is 23.0. The van der Waals surface area contributed by atoms with Gasteiger partial charge < -0.3 is 18.8 Å². The number of hydrogen-bond donors (Lipinski definition) is 2. The van der Waals surface area contributed by atoms with E-state index in [2.05, 4.69) is 10.9 Å². The lowest BCUT2D eigenvalue weighted by Gasteiger charge is -2.17. The minimum absolute atomic E-state index is 0.0807. The van der Waals surface area contributed by atoms with Gasteiger partial charge >= 0.3 is 0 Å². The van der Waals surface area contributed by atoms with Gasteiger partial charge in [-0.2, -0.15) is 0 Å². The molecular weight excluding hydrogens is 410 g/mol. The Morgan fingerprint density at radius 2 is 1.50 bits per heavy atom. The molecule has 0 aliphatic carbocycles. The number of fused-ring (bicyclic) bond motifs is 1. The minimum Gasteiger partial charge on any atom is -0.490 e. The Hall–Kier alpha value is -3.68. The fourth-order valence-electron chi connectivity index (χ4n) is 3.46. The smallest absolute Gasteiger partial charge is 0.269 e. The van der Waals surface area contributed by atoms with Crippen LogP contribution in [0.5, 0.6) is 17.2 Å². The van der Waals surface area contributed by atoms with E-state index in [1.807, 2.05) is 62.6 Å². The summed E-state index contributed by atoms with van der Waals surface area (Å²) >= 11 is 0. The third kappa shape index (κ3) is 5.14. The van der Waals surface area contributed by atoms with Crippen LogP contribution in [0.25, 0.3) is 10.9 Å². The van der Waals surface area contributed by atoms with Crippen LogP contribution in [0.15, 0.2) is 42.5 Å². The Morgan fingerprint density at radius 3 is 2.12 bits per heavy atom. The summed E-state index contributed by atoms with van der Waals surface area (Å²) in [7, 11) is 0. The van der Waals surface area contributed by atoms with Crippen molar-refractivity contribution in [1.82, 2.24) is 15.4 Å². The van der Waals surface area contributed by atoms with Gasteiger partial charge in [-0.1, -0.05) is 18.2 Å². The number of aryl methyl sites for hydroxylation is 1. The summed E-state index contributed by atoms with van der Waals surface area (Å²) in [6, 6.07) is 13.0. The fraction of sp³-hybridized carbons (Fsp3) is 0.333. The zero-order chi connectivity index (χ0) is 23.1. The molecule has 0 fully saturated rings. The average Bonchev–Trinajstić information content (AvgIpc) is 3.09. The molecule has 0 spiro atoms. The maximum Gasteiger partial charge on any atom is 0.269 e. The van der Waals surface area contributed by atoms with Gasteiger partial charge in [-0.3, -0.25) is 20.4 Å². The molecular formula is C24H29N3O5. The zero-order valence-corrected chi connectivity index (χ0v) is 18.9. The van der Waals surface area contributed by atoms with Crippen molar-refractivity contribution in [2.75, 3.05) is 19.8 Å². The molecule has 32 heavy (non-hydrogen) atoms. The number of amides is 2. The molecule has 0 saturated heterocycles. The second kappa shape index (κ2) is 10.6. The van der Waals surface area contributed by atoms with Crippen LogP contribution in [0.4, 0.5) is 0 Å². The molecule has 0 unspecified atom stereocenters. The van der Waals surface area contributed by atoms with Crippen molar-refractivity contribution >= 4 is 22.7 Å². The lowest BCUT2D eigenvalue weighted by atomic mass is 10.1. The molecule has 0 aliphatic heterocycles. The molecule has 0 radical (unpaired) electrons. The van der Waals surface area contributed by atoms with Gasteiger partial charge in [0.2, 0.25) is 5.75 Å². The van der Waals surface area contributed by atoms with Crippen molar-refractivity contribution in [3.05, 3.63) is 53.7 Å². The number of carbonyl (C=O) groups excluding carboxylic acids is 2. The van der Waals surface area contributed by atoms with E-state index in [-0.39, 0.29) is 18.0 Å². The molecule has 3 aromatic rings. The van der Waals surface area contributed by atoms with Crippen LogP contribution in [-0.2, 0) is 11.3 Å². The molecule has 2 amide bonds. The standard InChI is InChI=1S/C24H29N3O5/c1-5-30-20-13-18(14-21(31-6-2)23(20)32-7-3)24(29)26-25-22(28)15-27-16(4)12-17-10-8-9-11-19(17)27/h8-14H,5-7,15H2,1-4H3,(H,25,28)(H,26,29). The zero-order valence-electron chi connectivity index (χ0n) is 18.9. The molecule has 0 atom stereocenters. The summed E-state index contributed by atoms with van der Waals surface area (Å²) in [5.41, 5.74) is 7.15. The molecule has 2 aromatic carbocycles. The van der Waals surface area contributed by atoms with Gasteiger partial charge in [0.25, 0.3) is 11.8 Å². The van der Waals surface area contributed by atoms with Gasteiger partial charge in [0.05, 0.1) is 19.8 Å². The van der Waals surface area contributed by atoms with Crippen molar-refractivity contribution in [2.45, 2.75) is 34.2 Å². The van der Waals surface area contributed by atoms with Crippen molar-refractivity contribution < 1.29 is 23.8 Å². The lowest BCUT2D eigenvalue weighted by molar-refractivity contribution is -0.122. The highest BCUT2D eigenvalue weighted by molar-refractivity contribution is 5.96. The van der Waals surface area contributed by atoms with Crippen LogP contribution in [0.3, 0.4) is 0 Å². The number of para-hydroxylation sites is 1. The number of benzene rings is 2. The summed E-state index contributed by atoms with van der Waals surface area (Å²) < 4.78 is 18.8. The molecule has 1 heterocycles. The average molecular weight is 440 g/mol. The maximum atomic E-state index is 12.7. The van der Waals surface area contributed by atoms with Gasteiger partial charge in [0, 0.05) is 16.8 Å². The van der Waals surface area contributed by atoms with E-state index in [0.717, 1.165) is 16.6 Å². The highest BCUT2D eigenvalue weighted by Gasteiger charge is 2.19. The quantitative estimate of drug-likeness (QED) is 0.497. The van der Waals surface area contributed by atoms with Crippen LogP contribution < -0.4 is 25.1 Å². The van der Waals surface area contributed by atoms with Gasteiger partial charge in [0.1, 0.15) is 6.54 Å². The number of rotatable bonds is 9. The Bertz CT molecular complexity index is 1080. The molecule has 170 valence electrons.